The molecule has 21 heavy (non-hydrogen) atoms. The van der Waals surface area contributed by atoms with E-state index in [1.165, 1.54) is 0 Å². The number of carboxylic acids is 1. The molecule has 0 fully saturated rings. The predicted molar refractivity (Wildman–Crippen MR) is 90.3 cm³/mol. The highest BCUT2D eigenvalue weighted by atomic mass is 79.9. The molecule has 0 bridgehead atoms. The van der Waals surface area contributed by atoms with Gasteiger partial charge in [0.2, 0.25) is 0 Å². The molecule has 3 nitrogen and oxygen atoms in total. The average Bonchev–Trinajstić information content (AvgIpc) is 2.40. The highest BCUT2D eigenvalue weighted by Crippen LogP contribution is 2.18. The minimum absolute atomic E-state index is 0.0968. The van der Waals surface area contributed by atoms with Crippen molar-refractivity contribution in [3.05, 3.63) is 34.3 Å². The lowest BCUT2D eigenvalue weighted by atomic mass is 10.0. The molecule has 0 aliphatic carbocycles. The molecule has 0 spiro atoms. The first kappa shape index (κ1) is 18.2. The molecule has 0 aliphatic rings. The SMILES string of the molecule is CCCCCN(Cc1ccc(Br)cc1)[C@H](C(=O)O)C(C)C. The molecule has 0 amide bonds. The number of carbonyl (C=O) groups is 1. The Balaban J connectivity index is 2.84. The minimum atomic E-state index is -0.724. The number of unbranched alkanes of at least 4 members (excludes halogenated alkanes) is 2. The van der Waals surface area contributed by atoms with Crippen LogP contribution < -0.4 is 0 Å². The first-order valence-corrected chi connectivity index (χ1v) is 8.46. The fourth-order valence-corrected chi connectivity index (χ4v) is 2.83. The van der Waals surface area contributed by atoms with Gasteiger partial charge in [-0.25, -0.2) is 0 Å². The maximum Gasteiger partial charge on any atom is 0.321 e. The van der Waals surface area contributed by atoms with E-state index in [1.54, 1.807) is 0 Å². The Morgan fingerprint density at radius 2 is 1.86 bits per heavy atom. The maximum atomic E-state index is 11.6. The van der Waals surface area contributed by atoms with Gasteiger partial charge in [-0.2, -0.15) is 0 Å². The Labute approximate surface area is 136 Å². The van der Waals surface area contributed by atoms with Crippen molar-refractivity contribution in [2.24, 2.45) is 5.92 Å². The molecule has 1 aromatic rings. The van der Waals surface area contributed by atoms with Crippen LogP contribution in [0.2, 0.25) is 0 Å². The zero-order chi connectivity index (χ0) is 15.8. The lowest BCUT2D eigenvalue weighted by Crippen LogP contribution is -2.44. The zero-order valence-electron chi connectivity index (χ0n) is 13.2. The molecule has 0 radical (unpaired) electrons. The van der Waals surface area contributed by atoms with Crippen molar-refractivity contribution in [1.29, 1.82) is 0 Å². The van der Waals surface area contributed by atoms with Gasteiger partial charge in [-0.15, -0.1) is 0 Å². The molecule has 0 saturated carbocycles. The Kier molecular flexibility index (Phi) is 7.97. The van der Waals surface area contributed by atoms with Crippen LogP contribution in [-0.2, 0) is 11.3 Å². The average molecular weight is 356 g/mol. The summed E-state index contributed by atoms with van der Waals surface area (Å²) in [4.78, 5) is 13.7. The number of hydrogen-bond acceptors (Lipinski definition) is 2. The molecule has 0 unspecified atom stereocenters. The summed E-state index contributed by atoms with van der Waals surface area (Å²) >= 11 is 3.43. The van der Waals surface area contributed by atoms with Crippen molar-refractivity contribution in [3.63, 3.8) is 0 Å². The van der Waals surface area contributed by atoms with Crippen molar-refractivity contribution < 1.29 is 9.90 Å². The fraction of sp³-hybridized carbons (Fsp3) is 0.588. The van der Waals surface area contributed by atoms with E-state index in [4.69, 9.17) is 0 Å². The van der Waals surface area contributed by atoms with Crippen molar-refractivity contribution in [1.82, 2.24) is 4.90 Å². The van der Waals surface area contributed by atoms with Crippen LogP contribution in [0.1, 0.15) is 45.6 Å². The van der Waals surface area contributed by atoms with E-state index in [0.29, 0.717) is 6.54 Å². The van der Waals surface area contributed by atoms with Crippen LogP contribution in [-0.4, -0.2) is 28.6 Å². The molecule has 1 N–H and O–H groups in total. The standard InChI is InChI=1S/C17H26BrNO2/c1-4-5-6-11-19(16(13(2)3)17(20)21)12-14-7-9-15(18)10-8-14/h7-10,13,16H,4-6,11-12H2,1-3H3,(H,20,21)/t16-/m0/s1. The van der Waals surface area contributed by atoms with Gasteiger partial charge in [-0.1, -0.05) is 61.7 Å². The summed E-state index contributed by atoms with van der Waals surface area (Å²) in [6.07, 6.45) is 3.33. The first-order valence-electron chi connectivity index (χ1n) is 7.67. The molecule has 1 aromatic carbocycles. The molecule has 118 valence electrons. The van der Waals surface area contributed by atoms with E-state index in [0.717, 1.165) is 35.8 Å². The molecular formula is C17H26BrNO2. The summed E-state index contributed by atoms with van der Waals surface area (Å²) in [7, 11) is 0. The van der Waals surface area contributed by atoms with Gasteiger partial charge in [-0.05, 0) is 36.6 Å². The van der Waals surface area contributed by atoms with E-state index in [9.17, 15) is 9.90 Å². The van der Waals surface area contributed by atoms with Crippen LogP contribution in [0.5, 0.6) is 0 Å². The maximum absolute atomic E-state index is 11.6. The fourth-order valence-electron chi connectivity index (χ4n) is 2.57. The van der Waals surface area contributed by atoms with Crippen LogP contribution in [0.4, 0.5) is 0 Å². The Morgan fingerprint density at radius 1 is 1.24 bits per heavy atom. The van der Waals surface area contributed by atoms with Crippen molar-refractivity contribution in [3.8, 4) is 0 Å². The van der Waals surface area contributed by atoms with Gasteiger partial charge in [0, 0.05) is 11.0 Å². The van der Waals surface area contributed by atoms with E-state index in [2.05, 4.69) is 39.9 Å². The molecule has 0 saturated heterocycles. The highest BCUT2D eigenvalue weighted by Gasteiger charge is 2.28. The van der Waals surface area contributed by atoms with Gasteiger partial charge in [-0.3, -0.25) is 9.69 Å². The van der Waals surface area contributed by atoms with Crippen LogP contribution in [0.25, 0.3) is 0 Å². The molecule has 1 rings (SSSR count). The number of halogens is 1. The number of hydrogen-bond donors (Lipinski definition) is 1. The summed E-state index contributed by atoms with van der Waals surface area (Å²) in [6, 6.07) is 7.69. The van der Waals surface area contributed by atoms with Crippen LogP contribution in [0, 0.1) is 5.92 Å². The summed E-state index contributed by atoms with van der Waals surface area (Å²) in [5.41, 5.74) is 1.15. The summed E-state index contributed by atoms with van der Waals surface area (Å²) in [6.45, 7) is 7.64. The van der Waals surface area contributed by atoms with Crippen molar-refractivity contribution in [2.75, 3.05) is 6.54 Å². The van der Waals surface area contributed by atoms with Gasteiger partial charge in [0.15, 0.2) is 0 Å². The number of carboxylic acid groups (broad SMARTS) is 1. The third-order valence-electron chi connectivity index (χ3n) is 3.63. The Bertz CT molecular complexity index is 431. The van der Waals surface area contributed by atoms with Crippen LogP contribution in [0.15, 0.2) is 28.7 Å². The first-order chi connectivity index (χ1) is 9.95. The van der Waals surface area contributed by atoms with Gasteiger partial charge in [0.05, 0.1) is 0 Å². The quantitative estimate of drug-likeness (QED) is 0.660. The van der Waals surface area contributed by atoms with E-state index in [-0.39, 0.29) is 5.92 Å². The summed E-state index contributed by atoms with van der Waals surface area (Å²) in [5, 5.41) is 9.54. The molecule has 0 aliphatic heterocycles. The molecule has 0 heterocycles. The second-order valence-corrected chi connectivity index (χ2v) is 6.75. The molecule has 0 aromatic heterocycles. The number of aliphatic carboxylic acids is 1. The third kappa shape index (κ3) is 6.18. The summed E-state index contributed by atoms with van der Waals surface area (Å²) < 4.78 is 1.04. The van der Waals surface area contributed by atoms with Crippen LogP contribution in [0.3, 0.4) is 0 Å². The smallest absolute Gasteiger partial charge is 0.321 e. The molecule has 1 atom stereocenters. The van der Waals surface area contributed by atoms with Gasteiger partial charge in [0.1, 0.15) is 6.04 Å². The monoisotopic (exact) mass is 355 g/mol. The zero-order valence-corrected chi connectivity index (χ0v) is 14.8. The number of rotatable bonds is 9. The summed E-state index contributed by atoms with van der Waals surface area (Å²) in [5.74, 6) is -0.627. The van der Waals surface area contributed by atoms with Crippen LogP contribution >= 0.6 is 15.9 Å². The molecular weight excluding hydrogens is 330 g/mol. The minimum Gasteiger partial charge on any atom is -0.480 e. The van der Waals surface area contributed by atoms with Gasteiger partial charge >= 0.3 is 5.97 Å². The van der Waals surface area contributed by atoms with Gasteiger partial charge in [0.25, 0.3) is 0 Å². The Hall–Kier alpha value is -0.870. The topological polar surface area (TPSA) is 40.5 Å². The van der Waals surface area contributed by atoms with Gasteiger partial charge < -0.3 is 5.11 Å². The van der Waals surface area contributed by atoms with Crippen molar-refractivity contribution >= 4 is 21.9 Å². The highest BCUT2D eigenvalue weighted by molar-refractivity contribution is 9.10. The number of nitrogens with zero attached hydrogens (tertiary/aromatic N) is 1. The predicted octanol–water partition coefficient (Wildman–Crippen LogP) is 4.55. The van der Waals surface area contributed by atoms with Crippen molar-refractivity contribution in [2.45, 2.75) is 52.6 Å². The second kappa shape index (κ2) is 9.21. The number of benzene rings is 1. The normalized spacial score (nSPS) is 12.9. The largest absolute Gasteiger partial charge is 0.480 e. The van der Waals surface area contributed by atoms with E-state index in [1.807, 2.05) is 26.0 Å². The third-order valence-corrected chi connectivity index (χ3v) is 4.15. The lowest BCUT2D eigenvalue weighted by molar-refractivity contribution is -0.145. The Morgan fingerprint density at radius 3 is 2.33 bits per heavy atom. The molecule has 4 heteroatoms. The second-order valence-electron chi connectivity index (χ2n) is 5.83. The lowest BCUT2D eigenvalue weighted by Gasteiger charge is -2.31. The van der Waals surface area contributed by atoms with E-state index < -0.39 is 12.0 Å². The van der Waals surface area contributed by atoms with E-state index >= 15 is 0 Å².